The quantitative estimate of drug-likeness (QED) is 0.792. The van der Waals surface area contributed by atoms with Crippen molar-refractivity contribution in [3.63, 3.8) is 0 Å². The van der Waals surface area contributed by atoms with Crippen molar-refractivity contribution in [2.75, 3.05) is 4.90 Å². The second-order valence-electron chi connectivity index (χ2n) is 4.07. The Hall–Kier alpha value is -1.91. The van der Waals surface area contributed by atoms with Crippen LogP contribution < -0.4 is 4.90 Å². The van der Waals surface area contributed by atoms with Crippen LogP contribution in [0.1, 0.15) is 13.8 Å². The molecule has 2 amide bonds. The summed E-state index contributed by atoms with van der Waals surface area (Å²) in [6.45, 7) is 2.47. The van der Waals surface area contributed by atoms with Gasteiger partial charge in [0.05, 0.1) is 5.69 Å². The average Bonchev–Trinajstić information content (AvgIpc) is 2.52. The summed E-state index contributed by atoms with van der Waals surface area (Å²) in [7, 11) is 0. The van der Waals surface area contributed by atoms with Crippen LogP contribution in [0.4, 0.5) is 14.9 Å². The van der Waals surface area contributed by atoms with E-state index in [1.807, 2.05) is 0 Å². The van der Waals surface area contributed by atoms with Gasteiger partial charge in [-0.1, -0.05) is 18.2 Å². The lowest BCUT2D eigenvalue weighted by atomic mass is 10.0. The fourth-order valence-electron chi connectivity index (χ4n) is 1.63. The van der Waals surface area contributed by atoms with Gasteiger partial charge in [-0.25, -0.2) is 14.1 Å². The number of imide groups is 1. The van der Waals surface area contributed by atoms with Gasteiger partial charge in [0.1, 0.15) is 6.17 Å². The summed E-state index contributed by atoms with van der Waals surface area (Å²) in [6, 6.07) is 8.31. The molecule has 1 fully saturated rings. The van der Waals surface area contributed by atoms with E-state index < -0.39 is 23.8 Å². The number of para-hydroxylation sites is 1. The van der Waals surface area contributed by atoms with Crippen molar-refractivity contribution in [1.82, 2.24) is 0 Å². The molecule has 90 valence electrons. The number of benzene rings is 1. The lowest BCUT2D eigenvalue weighted by molar-refractivity contribution is -0.133. The Morgan fingerprint density at radius 1 is 1.29 bits per heavy atom. The zero-order chi connectivity index (χ0) is 12.6. The maximum atomic E-state index is 13.4. The van der Waals surface area contributed by atoms with Gasteiger partial charge in [-0.05, 0) is 26.0 Å². The van der Waals surface area contributed by atoms with Crippen LogP contribution in [0, 0.1) is 0 Å². The van der Waals surface area contributed by atoms with Gasteiger partial charge in [-0.2, -0.15) is 0 Å². The predicted octanol–water partition coefficient (Wildman–Crippen LogP) is 2.29. The van der Waals surface area contributed by atoms with Crippen molar-refractivity contribution < 1.29 is 18.7 Å². The molecule has 1 aliphatic heterocycles. The number of amides is 2. The molecule has 0 radical (unpaired) electrons. The highest BCUT2D eigenvalue weighted by Gasteiger charge is 2.55. The number of hydrogen-bond donors (Lipinski definition) is 0. The number of nitrogens with zero attached hydrogens (tertiary/aromatic N) is 1. The van der Waals surface area contributed by atoms with Gasteiger partial charge >= 0.3 is 6.09 Å². The van der Waals surface area contributed by atoms with Crippen LogP contribution in [0.3, 0.4) is 0 Å². The Balaban J connectivity index is 2.39. The molecule has 4 nitrogen and oxygen atoms in total. The van der Waals surface area contributed by atoms with Gasteiger partial charge in [0.25, 0.3) is 5.91 Å². The van der Waals surface area contributed by atoms with Crippen molar-refractivity contribution in [2.24, 2.45) is 0 Å². The summed E-state index contributed by atoms with van der Waals surface area (Å²) in [6.07, 6.45) is -2.40. The number of carbonyl (C=O) groups is 2. The summed E-state index contributed by atoms with van der Waals surface area (Å²) in [5.41, 5.74) is -1.35. The van der Waals surface area contributed by atoms with E-state index in [9.17, 15) is 14.0 Å². The second-order valence-corrected chi connectivity index (χ2v) is 4.07. The summed E-state index contributed by atoms with van der Waals surface area (Å²) in [4.78, 5) is 24.5. The molecule has 0 N–H and O–H groups in total. The number of anilines is 1. The molecule has 1 heterocycles. The highest BCUT2D eigenvalue weighted by molar-refractivity contribution is 6.20. The van der Waals surface area contributed by atoms with Crippen molar-refractivity contribution in [2.45, 2.75) is 25.6 Å². The molecule has 17 heavy (non-hydrogen) atoms. The number of hydrogen-bond acceptors (Lipinski definition) is 3. The summed E-state index contributed by atoms with van der Waals surface area (Å²) in [5.74, 6) is -0.677. The molecule has 0 aliphatic carbocycles. The summed E-state index contributed by atoms with van der Waals surface area (Å²) < 4.78 is 18.2. The zero-order valence-electron chi connectivity index (χ0n) is 9.51. The summed E-state index contributed by atoms with van der Waals surface area (Å²) >= 11 is 0. The molecule has 2 rings (SSSR count). The molecule has 1 aromatic carbocycles. The fourth-order valence-corrected chi connectivity index (χ4v) is 1.63. The van der Waals surface area contributed by atoms with Gasteiger partial charge in [-0.3, -0.25) is 4.79 Å². The van der Waals surface area contributed by atoms with Crippen molar-refractivity contribution in [3.8, 4) is 0 Å². The molecule has 0 bridgehead atoms. The van der Waals surface area contributed by atoms with Gasteiger partial charge in [0.2, 0.25) is 5.60 Å². The Kier molecular flexibility index (Phi) is 2.61. The minimum atomic E-state index is -1.73. The molecule has 0 aromatic heterocycles. The summed E-state index contributed by atoms with van der Waals surface area (Å²) in [5, 5.41) is 0. The van der Waals surface area contributed by atoms with E-state index in [-0.39, 0.29) is 0 Å². The highest BCUT2D eigenvalue weighted by atomic mass is 19.1. The SMILES string of the molecule is C[C@H](F)[C@]1(C)OC(=O)N(c2ccccc2)C1=O. The lowest BCUT2D eigenvalue weighted by Gasteiger charge is -2.20. The number of halogens is 1. The van der Waals surface area contributed by atoms with Crippen LogP contribution in [-0.4, -0.2) is 23.8 Å². The van der Waals surface area contributed by atoms with Crippen LogP contribution >= 0.6 is 0 Å². The minimum Gasteiger partial charge on any atom is -0.429 e. The first kappa shape index (κ1) is 11.6. The van der Waals surface area contributed by atoms with E-state index in [1.54, 1.807) is 30.3 Å². The largest absolute Gasteiger partial charge is 0.429 e. The van der Waals surface area contributed by atoms with Gasteiger partial charge in [0, 0.05) is 0 Å². The number of cyclic esters (lactones) is 1. The topological polar surface area (TPSA) is 46.6 Å². The van der Waals surface area contributed by atoms with E-state index in [0.717, 1.165) is 4.90 Å². The van der Waals surface area contributed by atoms with Crippen LogP contribution in [0.25, 0.3) is 0 Å². The number of rotatable bonds is 2. The van der Waals surface area contributed by atoms with Crippen molar-refractivity contribution in [3.05, 3.63) is 30.3 Å². The Morgan fingerprint density at radius 2 is 1.88 bits per heavy atom. The first-order chi connectivity index (χ1) is 7.97. The van der Waals surface area contributed by atoms with E-state index in [1.165, 1.54) is 13.8 Å². The van der Waals surface area contributed by atoms with Gasteiger partial charge < -0.3 is 4.74 Å². The average molecular weight is 237 g/mol. The molecular formula is C12H12FNO3. The smallest absolute Gasteiger partial charge is 0.422 e. The van der Waals surface area contributed by atoms with Crippen LogP contribution in [0.2, 0.25) is 0 Å². The van der Waals surface area contributed by atoms with Crippen LogP contribution in [0.5, 0.6) is 0 Å². The van der Waals surface area contributed by atoms with Crippen molar-refractivity contribution in [1.29, 1.82) is 0 Å². The standard InChI is InChI=1S/C12H12FNO3/c1-8(13)12(2)10(15)14(11(16)17-12)9-6-4-3-5-7-9/h3-8H,1-2H3/t8-,12-/m0/s1. The molecule has 1 saturated heterocycles. The molecule has 0 saturated carbocycles. The molecular weight excluding hydrogens is 225 g/mol. The molecule has 1 aromatic rings. The molecule has 0 spiro atoms. The van der Waals surface area contributed by atoms with E-state index in [0.29, 0.717) is 5.69 Å². The monoisotopic (exact) mass is 237 g/mol. The normalized spacial score (nSPS) is 25.9. The number of carbonyl (C=O) groups excluding carboxylic acids is 2. The van der Waals surface area contributed by atoms with E-state index in [2.05, 4.69) is 0 Å². The maximum absolute atomic E-state index is 13.4. The van der Waals surface area contributed by atoms with E-state index >= 15 is 0 Å². The highest BCUT2D eigenvalue weighted by Crippen LogP contribution is 2.32. The third-order valence-corrected chi connectivity index (χ3v) is 2.88. The third kappa shape index (κ3) is 1.67. The first-order valence-corrected chi connectivity index (χ1v) is 5.23. The maximum Gasteiger partial charge on any atom is 0.422 e. The Labute approximate surface area is 98.0 Å². The van der Waals surface area contributed by atoms with Gasteiger partial charge in [-0.15, -0.1) is 0 Å². The fraction of sp³-hybridized carbons (Fsp3) is 0.333. The third-order valence-electron chi connectivity index (χ3n) is 2.88. The number of alkyl halides is 1. The lowest BCUT2D eigenvalue weighted by Crippen LogP contribution is -2.44. The predicted molar refractivity (Wildman–Crippen MR) is 59.4 cm³/mol. The zero-order valence-corrected chi connectivity index (χ0v) is 9.51. The minimum absolute atomic E-state index is 0.381. The Morgan fingerprint density at radius 3 is 2.35 bits per heavy atom. The van der Waals surface area contributed by atoms with Crippen LogP contribution in [0.15, 0.2) is 30.3 Å². The molecule has 0 unspecified atom stereocenters. The van der Waals surface area contributed by atoms with Crippen molar-refractivity contribution >= 4 is 17.7 Å². The molecule has 5 heteroatoms. The Bertz CT molecular complexity index is 460. The number of ether oxygens (including phenoxy) is 1. The van der Waals surface area contributed by atoms with Gasteiger partial charge in [0.15, 0.2) is 0 Å². The second kappa shape index (κ2) is 3.84. The van der Waals surface area contributed by atoms with E-state index in [4.69, 9.17) is 4.74 Å². The van der Waals surface area contributed by atoms with Crippen LogP contribution in [-0.2, 0) is 9.53 Å². The molecule has 1 aliphatic rings. The molecule has 2 atom stereocenters. The first-order valence-electron chi connectivity index (χ1n) is 5.23.